The lowest BCUT2D eigenvalue weighted by molar-refractivity contribution is 0.292. The van der Waals surface area contributed by atoms with Crippen molar-refractivity contribution in [2.24, 2.45) is 4.99 Å². The average Bonchev–Trinajstić information content (AvgIpc) is 3.06. The fraction of sp³-hybridized carbons (Fsp3) is 0.789. The molecule has 0 amide bonds. The van der Waals surface area contributed by atoms with Crippen LogP contribution in [0.5, 0.6) is 0 Å². The van der Waals surface area contributed by atoms with Gasteiger partial charge in [0.25, 0.3) is 0 Å². The Kier molecular flexibility index (Phi) is 10.7. The van der Waals surface area contributed by atoms with Gasteiger partial charge in [0.05, 0.1) is 17.2 Å². The van der Waals surface area contributed by atoms with Crippen molar-refractivity contribution in [3.63, 3.8) is 0 Å². The summed E-state index contributed by atoms with van der Waals surface area (Å²) in [7, 11) is 0. The summed E-state index contributed by atoms with van der Waals surface area (Å²) >= 11 is 1.73. The Balaban J connectivity index is 2.48. The Morgan fingerprint density at radius 1 is 1.24 bits per heavy atom. The molecule has 2 N–H and O–H groups in total. The first-order valence-electron chi connectivity index (χ1n) is 9.71. The van der Waals surface area contributed by atoms with E-state index in [1.165, 1.54) is 18.0 Å². The van der Waals surface area contributed by atoms with Crippen molar-refractivity contribution in [3.05, 3.63) is 16.1 Å². The average molecular weight is 368 g/mol. The second-order valence-corrected chi connectivity index (χ2v) is 7.63. The maximum atomic E-state index is 4.70. The van der Waals surface area contributed by atoms with E-state index in [0.717, 1.165) is 37.7 Å². The first-order valence-corrected chi connectivity index (χ1v) is 10.6. The fourth-order valence-corrected chi connectivity index (χ4v) is 3.43. The lowest BCUT2D eigenvalue weighted by Crippen LogP contribution is -2.42. The van der Waals surface area contributed by atoms with Crippen molar-refractivity contribution < 1.29 is 0 Å². The van der Waals surface area contributed by atoms with Crippen molar-refractivity contribution in [2.45, 2.75) is 72.9 Å². The number of nitrogens with one attached hydrogen (secondary N) is 2. The third-order valence-corrected chi connectivity index (χ3v) is 5.39. The molecule has 1 aromatic rings. The molecule has 1 rings (SSSR count). The standard InChI is InChI=1S/C19H37N5S/c1-7-20-19(21-13-17-14-25-18(23-17)15(4)5)22-16(6)11-10-12-24(8-2)9-3/h14-16H,7-13H2,1-6H3,(H2,20,21,22). The van der Waals surface area contributed by atoms with Crippen molar-refractivity contribution in [1.29, 1.82) is 0 Å². The van der Waals surface area contributed by atoms with Crippen LogP contribution in [0, 0.1) is 0 Å². The molecule has 144 valence electrons. The second-order valence-electron chi connectivity index (χ2n) is 6.74. The van der Waals surface area contributed by atoms with Crippen LogP contribution in [0.3, 0.4) is 0 Å². The third kappa shape index (κ3) is 8.68. The number of nitrogens with zero attached hydrogens (tertiary/aromatic N) is 3. The van der Waals surface area contributed by atoms with Crippen LogP contribution < -0.4 is 10.6 Å². The Bertz CT molecular complexity index is 494. The van der Waals surface area contributed by atoms with Crippen molar-refractivity contribution in [3.8, 4) is 0 Å². The first-order chi connectivity index (χ1) is 12.0. The summed E-state index contributed by atoms with van der Waals surface area (Å²) in [5, 5.41) is 10.2. The van der Waals surface area contributed by atoms with Crippen LogP contribution in [0.2, 0.25) is 0 Å². The molecule has 1 heterocycles. The minimum atomic E-state index is 0.412. The van der Waals surface area contributed by atoms with Crippen LogP contribution in [0.15, 0.2) is 10.4 Å². The molecule has 1 unspecified atom stereocenters. The van der Waals surface area contributed by atoms with Crippen LogP contribution >= 0.6 is 11.3 Å². The molecular weight excluding hydrogens is 330 g/mol. The van der Waals surface area contributed by atoms with Crippen LogP contribution in [-0.4, -0.2) is 48.1 Å². The van der Waals surface area contributed by atoms with Gasteiger partial charge in [-0.1, -0.05) is 27.7 Å². The number of hydrogen-bond donors (Lipinski definition) is 2. The molecule has 1 aromatic heterocycles. The summed E-state index contributed by atoms with van der Waals surface area (Å²) in [5.74, 6) is 1.37. The Morgan fingerprint density at radius 2 is 1.96 bits per heavy atom. The smallest absolute Gasteiger partial charge is 0.191 e. The van der Waals surface area contributed by atoms with E-state index >= 15 is 0 Å². The van der Waals surface area contributed by atoms with E-state index in [1.54, 1.807) is 11.3 Å². The zero-order valence-electron chi connectivity index (χ0n) is 16.9. The molecule has 0 saturated carbocycles. The molecule has 0 bridgehead atoms. The molecule has 1 atom stereocenters. The lowest BCUT2D eigenvalue weighted by Gasteiger charge is -2.21. The quantitative estimate of drug-likeness (QED) is 0.461. The highest BCUT2D eigenvalue weighted by atomic mass is 32.1. The molecule has 0 saturated heterocycles. The van der Waals surface area contributed by atoms with Crippen LogP contribution in [0.4, 0.5) is 0 Å². The zero-order chi connectivity index (χ0) is 18.7. The van der Waals surface area contributed by atoms with Gasteiger partial charge < -0.3 is 15.5 Å². The highest BCUT2D eigenvalue weighted by molar-refractivity contribution is 7.09. The minimum absolute atomic E-state index is 0.412. The van der Waals surface area contributed by atoms with Gasteiger partial charge in [-0.2, -0.15) is 0 Å². The molecule has 0 aliphatic heterocycles. The molecule has 0 aromatic carbocycles. The minimum Gasteiger partial charge on any atom is -0.357 e. The number of hydrogen-bond acceptors (Lipinski definition) is 4. The van der Waals surface area contributed by atoms with Crippen molar-refractivity contribution >= 4 is 17.3 Å². The summed E-state index contributed by atoms with van der Waals surface area (Å²) in [5.41, 5.74) is 1.06. The second kappa shape index (κ2) is 12.3. The van der Waals surface area contributed by atoms with Gasteiger partial charge in [0, 0.05) is 23.9 Å². The number of aromatic nitrogens is 1. The van der Waals surface area contributed by atoms with Crippen LogP contribution in [0.25, 0.3) is 0 Å². The summed E-state index contributed by atoms with van der Waals surface area (Å²) in [4.78, 5) is 11.8. The van der Waals surface area contributed by atoms with Gasteiger partial charge in [0.15, 0.2) is 5.96 Å². The molecule has 25 heavy (non-hydrogen) atoms. The van der Waals surface area contributed by atoms with Gasteiger partial charge in [-0.05, 0) is 46.3 Å². The number of guanidine groups is 1. The van der Waals surface area contributed by atoms with E-state index in [-0.39, 0.29) is 0 Å². The lowest BCUT2D eigenvalue weighted by atomic mass is 10.2. The molecular formula is C19H37N5S. The Labute approximate surface area is 158 Å². The highest BCUT2D eigenvalue weighted by Gasteiger charge is 2.08. The largest absolute Gasteiger partial charge is 0.357 e. The van der Waals surface area contributed by atoms with Gasteiger partial charge in [-0.25, -0.2) is 9.98 Å². The Hall–Kier alpha value is -1.14. The van der Waals surface area contributed by atoms with Crippen LogP contribution in [-0.2, 0) is 6.54 Å². The SMILES string of the molecule is CCNC(=NCc1csc(C(C)C)n1)NC(C)CCCN(CC)CC. The van der Waals surface area contributed by atoms with Crippen molar-refractivity contribution in [2.75, 3.05) is 26.2 Å². The number of thiazole rings is 1. The first kappa shape index (κ1) is 21.9. The van der Waals surface area contributed by atoms with Crippen LogP contribution in [0.1, 0.15) is 71.0 Å². The van der Waals surface area contributed by atoms with Gasteiger partial charge >= 0.3 is 0 Å². The van der Waals surface area contributed by atoms with E-state index in [9.17, 15) is 0 Å². The van der Waals surface area contributed by atoms with E-state index in [4.69, 9.17) is 4.99 Å². The topological polar surface area (TPSA) is 52.6 Å². The number of aliphatic imine (C=N–C) groups is 1. The normalized spacial score (nSPS) is 13.5. The predicted molar refractivity (Wildman–Crippen MR) is 111 cm³/mol. The summed E-state index contributed by atoms with van der Waals surface area (Å²) in [6.07, 6.45) is 2.36. The predicted octanol–water partition coefficient (Wildman–Crippen LogP) is 3.83. The van der Waals surface area contributed by atoms with E-state index in [2.05, 4.69) is 67.4 Å². The van der Waals surface area contributed by atoms with Gasteiger partial charge in [0.1, 0.15) is 0 Å². The zero-order valence-corrected chi connectivity index (χ0v) is 17.7. The molecule has 5 nitrogen and oxygen atoms in total. The summed E-state index contributed by atoms with van der Waals surface area (Å²) in [6.45, 7) is 18.1. The molecule has 0 aliphatic rings. The Morgan fingerprint density at radius 3 is 2.52 bits per heavy atom. The number of rotatable bonds is 11. The summed E-state index contributed by atoms with van der Waals surface area (Å²) in [6, 6.07) is 0.412. The maximum absolute atomic E-state index is 4.70. The van der Waals surface area contributed by atoms with E-state index in [0.29, 0.717) is 18.5 Å². The fourth-order valence-electron chi connectivity index (χ4n) is 2.61. The van der Waals surface area contributed by atoms with Gasteiger partial charge in [-0.3, -0.25) is 0 Å². The molecule has 0 fully saturated rings. The summed E-state index contributed by atoms with van der Waals surface area (Å²) < 4.78 is 0. The van der Waals surface area contributed by atoms with Gasteiger partial charge in [-0.15, -0.1) is 11.3 Å². The molecule has 0 spiro atoms. The third-order valence-electron chi connectivity index (χ3n) is 4.20. The molecule has 6 heteroatoms. The maximum Gasteiger partial charge on any atom is 0.191 e. The molecule has 0 aliphatic carbocycles. The monoisotopic (exact) mass is 367 g/mol. The van der Waals surface area contributed by atoms with E-state index in [1.807, 2.05) is 0 Å². The highest BCUT2D eigenvalue weighted by Crippen LogP contribution is 2.19. The van der Waals surface area contributed by atoms with Gasteiger partial charge in [0.2, 0.25) is 0 Å². The van der Waals surface area contributed by atoms with E-state index < -0.39 is 0 Å². The van der Waals surface area contributed by atoms with Crippen molar-refractivity contribution in [1.82, 2.24) is 20.5 Å². The molecule has 0 radical (unpaired) electrons.